The van der Waals surface area contributed by atoms with Gasteiger partial charge in [-0.25, -0.2) is 4.39 Å². The number of phenols is 1. The summed E-state index contributed by atoms with van der Waals surface area (Å²) in [5.41, 5.74) is 0.636. The number of nitrogens with one attached hydrogen (secondary N) is 1. The van der Waals surface area contributed by atoms with E-state index in [9.17, 15) is 19.4 Å². The number of hydrogen-bond acceptors (Lipinski definition) is 3. The van der Waals surface area contributed by atoms with Crippen LogP contribution in [0.5, 0.6) is 5.75 Å². The Morgan fingerprint density at radius 2 is 1.76 bits per heavy atom. The van der Waals surface area contributed by atoms with E-state index >= 15 is 0 Å². The van der Waals surface area contributed by atoms with Gasteiger partial charge in [0, 0.05) is 0 Å². The first kappa shape index (κ1) is 15.0. The maximum atomic E-state index is 12.8. The Morgan fingerprint density at radius 1 is 1.14 bits per heavy atom. The molecule has 0 bridgehead atoms. The minimum absolute atomic E-state index is 0.126. The Labute approximate surface area is 121 Å². The van der Waals surface area contributed by atoms with Gasteiger partial charge in [-0.15, -0.1) is 0 Å². The number of para-hydroxylation sites is 1. The molecule has 0 aromatic heterocycles. The van der Waals surface area contributed by atoms with Crippen LogP contribution in [0, 0.1) is 5.82 Å². The molecule has 0 heterocycles. The number of amides is 1. The number of phenolic OH excluding ortho intramolecular Hbond substituents is 1. The Bertz CT molecular complexity index is 628. The predicted molar refractivity (Wildman–Crippen MR) is 76.4 cm³/mol. The monoisotopic (exact) mass is 289 g/mol. The van der Waals surface area contributed by atoms with Gasteiger partial charge >= 0.3 is 0 Å². The molecule has 2 aromatic carbocycles. The first-order chi connectivity index (χ1) is 9.99. The molecular formula is C16H16FNO3. The van der Waals surface area contributed by atoms with Gasteiger partial charge in [-0.3, -0.25) is 4.79 Å². The average Bonchev–Trinajstić information content (AvgIpc) is 2.47. The van der Waals surface area contributed by atoms with Crippen LogP contribution in [-0.4, -0.2) is 22.2 Å². The van der Waals surface area contributed by atoms with Crippen LogP contribution >= 0.6 is 0 Å². The molecule has 110 valence electrons. The van der Waals surface area contributed by atoms with Gasteiger partial charge in [-0.2, -0.15) is 0 Å². The van der Waals surface area contributed by atoms with Gasteiger partial charge in [0.2, 0.25) is 0 Å². The van der Waals surface area contributed by atoms with Crippen LogP contribution in [0.1, 0.15) is 28.9 Å². The predicted octanol–water partition coefficient (Wildman–Crippen LogP) is 2.38. The molecule has 3 N–H and O–H groups in total. The van der Waals surface area contributed by atoms with E-state index < -0.39 is 23.9 Å². The van der Waals surface area contributed by atoms with Crippen molar-refractivity contribution in [2.45, 2.75) is 19.1 Å². The van der Waals surface area contributed by atoms with E-state index in [1.165, 1.54) is 36.4 Å². The summed E-state index contributed by atoms with van der Waals surface area (Å²) in [6.07, 6.45) is -0.972. The molecule has 2 unspecified atom stereocenters. The second-order valence-electron chi connectivity index (χ2n) is 4.78. The van der Waals surface area contributed by atoms with Crippen molar-refractivity contribution in [3.63, 3.8) is 0 Å². The highest BCUT2D eigenvalue weighted by molar-refractivity contribution is 5.96. The fraction of sp³-hybridized carbons (Fsp3) is 0.188. The number of benzene rings is 2. The fourth-order valence-corrected chi connectivity index (χ4v) is 1.98. The van der Waals surface area contributed by atoms with Crippen LogP contribution in [0.3, 0.4) is 0 Å². The van der Waals surface area contributed by atoms with E-state index in [0.29, 0.717) is 5.56 Å². The molecule has 0 aliphatic carbocycles. The van der Waals surface area contributed by atoms with E-state index in [-0.39, 0.29) is 11.3 Å². The average molecular weight is 289 g/mol. The maximum absolute atomic E-state index is 12.8. The number of aromatic hydroxyl groups is 1. The highest BCUT2D eigenvalue weighted by Crippen LogP contribution is 2.19. The summed E-state index contributed by atoms with van der Waals surface area (Å²) in [6.45, 7) is 1.63. The van der Waals surface area contributed by atoms with Crippen LogP contribution in [-0.2, 0) is 0 Å². The molecule has 2 atom stereocenters. The van der Waals surface area contributed by atoms with Crippen LogP contribution in [0.4, 0.5) is 4.39 Å². The molecule has 0 spiro atoms. The lowest BCUT2D eigenvalue weighted by Crippen LogP contribution is -2.37. The Hall–Kier alpha value is -2.40. The number of carbonyl (C=O) groups excluding carboxylic acids is 1. The Balaban J connectivity index is 2.07. The summed E-state index contributed by atoms with van der Waals surface area (Å²) in [5.74, 6) is -1.00. The lowest BCUT2D eigenvalue weighted by Gasteiger charge is -2.21. The number of halogens is 1. The highest BCUT2D eigenvalue weighted by atomic mass is 19.1. The number of rotatable bonds is 4. The molecule has 2 rings (SSSR count). The van der Waals surface area contributed by atoms with Crippen molar-refractivity contribution < 1.29 is 19.4 Å². The molecule has 0 saturated heterocycles. The van der Waals surface area contributed by atoms with Crippen LogP contribution < -0.4 is 5.32 Å². The third kappa shape index (κ3) is 3.58. The van der Waals surface area contributed by atoms with Gasteiger partial charge in [0.05, 0.1) is 17.7 Å². The molecule has 0 saturated carbocycles. The molecule has 21 heavy (non-hydrogen) atoms. The van der Waals surface area contributed by atoms with Gasteiger partial charge in [0.15, 0.2) is 0 Å². The van der Waals surface area contributed by atoms with Gasteiger partial charge in [-0.1, -0.05) is 24.3 Å². The van der Waals surface area contributed by atoms with Gasteiger partial charge < -0.3 is 15.5 Å². The summed E-state index contributed by atoms with van der Waals surface area (Å²) in [6, 6.07) is 11.0. The lowest BCUT2D eigenvalue weighted by molar-refractivity contribution is 0.0849. The van der Waals surface area contributed by atoms with Crippen molar-refractivity contribution >= 4 is 5.91 Å². The van der Waals surface area contributed by atoms with Crippen molar-refractivity contribution in [2.24, 2.45) is 0 Å². The third-order valence-electron chi connectivity index (χ3n) is 3.19. The van der Waals surface area contributed by atoms with Crippen molar-refractivity contribution in [1.29, 1.82) is 0 Å². The van der Waals surface area contributed by atoms with E-state index in [4.69, 9.17) is 0 Å². The van der Waals surface area contributed by atoms with E-state index in [1.54, 1.807) is 19.1 Å². The number of aliphatic hydroxyl groups excluding tert-OH is 1. The van der Waals surface area contributed by atoms with Crippen LogP contribution in [0.2, 0.25) is 0 Å². The fourth-order valence-electron chi connectivity index (χ4n) is 1.98. The van der Waals surface area contributed by atoms with Crippen molar-refractivity contribution in [1.82, 2.24) is 5.32 Å². The Kier molecular flexibility index (Phi) is 4.55. The molecule has 4 nitrogen and oxygen atoms in total. The number of carbonyl (C=O) groups is 1. The van der Waals surface area contributed by atoms with Crippen LogP contribution in [0.25, 0.3) is 0 Å². The molecular weight excluding hydrogens is 273 g/mol. The SMILES string of the molecule is CC(NC(=O)c1ccccc1O)C(O)c1ccc(F)cc1. The first-order valence-electron chi connectivity index (χ1n) is 6.51. The smallest absolute Gasteiger partial charge is 0.255 e. The van der Waals surface area contributed by atoms with Crippen molar-refractivity contribution in [2.75, 3.05) is 0 Å². The zero-order valence-electron chi connectivity index (χ0n) is 11.5. The summed E-state index contributed by atoms with van der Waals surface area (Å²) < 4.78 is 12.8. The van der Waals surface area contributed by atoms with E-state index in [2.05, 4.69) is 5.32 Å². The van der Waals surface area contributed by atoms with Gasteiger partial charge in [0.1, 0.15) is 11.6 Å². The minimum atomic E-state index is -0.972. The standard InChI is InChI=1S/C16H16FNO3/c1-10(15(20)11-6-8-12(17)9-7-11)18-16(21)13-4-2-3-5-14(13)19/h2-10,15,19-20H,1H3,(H,18,21). The maximum Gasteiger partial charge on any atom is 0.255 e. The highest BCUT2D eigenvalue weighted by Gasteiger charge is 2.20. The zero-order chi connectivity index (χ0) is 15.4. The van der Waals surface area contributed by atoms with Crippen molar-refractivity contribution in [3.05, 3.63) is 65.5 Å². The van der Waals surface area contributed by atoms with E-state index in [1.807, 2.05) is 0 Å². The number of aliphatic hydroxyl groups is 1. The van der Waals surface area contributed by atoms with Gasteiger partial charge in [0.25, 0.3) is 5.91 Å². The quantitative estimate of drug-likeness (QED) is 0.809. The summed E-state index contributed by atoms with van der Waals surface area (Å²) in [7, 11) is 0. The van der Waals surface area contributed by atoms with Crippen LogP contribution in [0.15, 0.2) is 48.5 Å². The molecule has 0 aliphatic rings. The lowest BCUT2D eigenvalue weighted by atomic mass is 10.0. The normalized spacial score (nSPS) is 13.5. The molecule has 2 aromatic rings. The molecule has 0 aliphatic heterocycles. The largest absolute Gasteiger partial charge is 0.507 e. The molecule has 0 radical (unpaired) electrons. The van der Waals surface area contributed by atoms with Crippen molar-refractivity contribution in [3.8, 4) is 5.75 Å². The first-order valence-corrected chi connectivity index (χ1v) is 6.51. The molecule has 1 amide bonds. The topological polar surface area (TPSA) is 69.6 Å². The summed E-state index contributed by atoms with van der Waals surface area (Å²) in [5, 5.41) is 22.4. The second kappa shape index (κ2) is 6.37. The zero-order valence-corrected chi connectivity index (χ0v) is 11.5. The third-order valence-corrected chi connectivity index (χ3v) is 3.19. The number of hydrogen-bond donors (Lipinski definition) is 3. The second-order valence-corrected chi connectivity index (χ2v) is 4.78. The molecule has 5 heteroatoms. The van der Waals surface area contributed by atoms with E-state index in [0.717, 1.165) is 0 Å². The summed E-state index contributed by atoms with van der Waals surface area (Å²) >= 11 is 0. The molecule has 0 fully saturated rings. The summed E-state index contributed by atoms with van der Waals surface area (Å²) in [4.78, 5) is 12.0. The van der Waals surface area contributed by atoms with Gasteiger partial charge in [-0.05, 0) is 36.8 Å². The Morgan fingerprint density at radius 3 is 2.38 bits per heavy atom. The minimum Gasteiger partial charge on any atom is -0.507 e.